The van der Waals surface area contributed by atoms with Gasteiger partial charge in [-0.3, -0.25) is 9.88 Å². The molecule has 2 heteroatoms. The summed E-state index contributed by atoms with van der Waals surface area (Å²) < 4.78 is 0. The van der Waals surface area contributed by atoms with Crippen LogP contribution >= 0.6 is 0 Å². The lowest BCUT2D eigenvalue weighted by Crippen LogP contribution is -2.45. The zero-order chi connectivity index (χ0) is 16.1. The first-order chi connectivity index (χ1) is 11.2. The van der Waals surface area contributed by atoms with E-state index in [9.17, 15) is 0 Å². The van der Waals surface area contributed by atoms with Crippen molar-refractivity contribution in [1.82, 2.24) is 9.88 Å². The van der Waals surface area contributed by atoms with Crippen LogP contribution in [0.1, 0.15) is 37.4 Å². The fourth-order valence-electron chi connectivity index (χ4n) is 3.05. The van der Waals surface area contributed by atoms with E-state index in [0.717, 1.165) is 26.1 Å². The number of aromatic nitrogens is 1. The molecule has 1 fully saturated rings. The van der Waals surface area contributed by atoms with Crippen molar-refractivity contribution < 1.29 is 0 Å². The summed E-state index contributed by atoms with van der Waals surface area (Å²) in [4.78, 5) is 7.02. The first kappa shape index (κ1) is 15.9. The van der Waals surface area contributed by atoms with Crippen LogP contribution in [-0.2, 0) is 0 Å². The largest absolute Gasteiger partial charge is 0.298 e. The summed E-state index contributed by atoms with van der Waals surface area (Å²) in [6, 6.07) is 17.0. The second kappa shape index (κ2) is 7.56. The molecule has 2 nitrogen and oxygen atoms in total. The van der Waals surface area contributed by atoms with Gasteiger partial charge >= 0.3 is 0 Å². The third-order valence-corrected chi connectivity index (χ3v) is 4.44. The Hall–Kier alpha value is -1.93. The van der Waals surface area contributed by atoms with Gasteiger partial charge in [0.25, 0.3) is 0 Å². The molecule has 0 unspecified atom stereocenters. The van der Waals surface area contributed by atoms with Crippen molar-refractivity contribution in [2.24, 2.45) is 5.92 Å². The van der Waals surface area contributed by atoms with Crippen LogP contribution in [0.25, 0.3) is 5.57 Å². The molecular weight excluding hydrogens is 280 g/mol. The molecule has 23 heavy (non-hydrogen) atoms. The lowest BCUT2D eigenvalue weighted by atomic mass is 9.93. The summed E-state index contributed by atoms with van der Waals surface area (Å²) >= 11 is 0. The van der Waals surface area contributed by atoms with Crippen molar-refractivity contribution in [3.63, 3.8) is 0 Å². The van der Waals surface area contributed by atoms with Crippen LogP contribution in [0, 0.1) is 5.92 Å². The minimum Gasteiger partial charge on any atom is -0.298 e. The molecule has 0 radical (unpaired) electrons. The molecule has 1 aliphatic rings. The van der Waals surface area contributed by atoms with Crippen molar-refractivity contribution in [1.29, 1.82) is 0 Å². The third-order valence-electron chi connectivity index (χ3n) is 4.44. The van der Waals surface area contributed by atoms with Gasteiger partial charge in [-0.15, -0.1) is 0 Å². The number of nitrogens with zero attached hydrogens (tertiary/aromatic N) is 2. The van der Waals surface area contributed by atoms with Crippen LogP contribution in [-0.4, -0.2) is 29.5 Å². The quantitative estimate of drug-likeness (QED) is 0.774. The molecule has 1 aromatic carbocycles. The van der Waals surface area contributed by atoms with Gasteiger partial charge in [0, 0.05) is 37.4 Å². The van der Waals surface area contributed by atoms with Crippen LogP contribution in [0.4, 0.5) is 0 Å². The van der Waals surface area contributed by atoms with Crippen molar-refractivity contribution in [2.75, 3.05) is 19.6 Å². The third kappa shape index (κ3) is 4.29. The van der Waals surface area contributed by atoms with E-state index in [0.29, 0.717) is 11.8 Å². The smallest absolute Gasteiger partial charge is 0.0460 e. The highest BCUT2D eigenvalue weighted by Crippen LogP contribution is 2.28. The Balaban J connectivity index is 1.63. The predicted octanol–water partition coefficient (Wildman–Crippen LogP) is 4.61. The van der Waals surface area contributed by atoms with Crippen molar-refractivity contribution in [3.05, 3.63) is 72.1 Å². The highest BCUT2D eigenvalue weighted by molar-refractivity contribution is 5.67. The van der Waals surface area contributed by atoms with Crippen LogP contribution in [0.5, 0.6) is 0 Å². The number of benzene rings is 1. The average molecular weight is 306 g/mol. The number of hydrogen-bond acceptors (Lipinski definition) is 2. The van der Waals surface area contributed by atoms with Crippen molar-refractivity contribution in [2.45, 2.75) is 26.2 Å². The van der Waals surface area contributed by atoms with E-state index in [1.54, 1.807) is 0 Å². The Bertz CT molecular complexity index is 625. The van der Waals surface area contributed by atoms with Crippen molar-refractivity contribution in [3.8, 4) is 0 Å². The van der Waals surface area contributed by atoms with Gasteiger partial charge in [0.2, 0.25) is 0 Å². The normalized spacial score (nSPS) is 16.6. The minimum absolute atomic E-state index is 0.596. The standard InChI is InChI=1S/C21H26N2/c1-17(2)11-12-19(18-8-4-3-5-9-18)14-23-15-20(16-23)21-10-6-7-13-22-21/h3-10,12-13,17,20H,11,14-16H2,1-2H3. The molecular formula is C21H26N2. The molecule has 3 rings (SSSR count). The summed E-state index contributed by atoms with van der Waals surface area (Å²) in [6.07, 6.45) is 5.46. The van der Waals surface area contributed by atoms with E-state index in [1.807, 2.05) is 12.3 Å². The molecule has 1 saturated heterocycles. The van der Waals surface area contributed by atoms with E-state index in [1.165, 1.54) is 16.8 Å². The zero-order valence-corrected chi connectivity index (χ0v) is 14.2. The summed E-state index contributed by atoms with van der Waals surface area (Å²) in [7, 11) is 0. The minimum atomic E-state index is 0.596. The molecule has 0 N–H and O–H groups in total. The monoisotopic (exact) mass is 306 g/mol. The number of allylic oxidation sites excluding steroid dienone is 1. The topological polar surface area (TPSA) is 16.1 Å². The number of rotatable bonds is 6. The van der Waals surface area contributed by atoms with E-state index < -0.39 is 0 Å². The summed E-state index contributed by atoms with van der Waals surface area (Å²) in [5.41, 5.74) is 4.05. The maximum absolute atomic E-state index is 4.49. The SMILES string of the molecule is CC(C)CC=C(CN1CC(c2ccccn2)C1)c1ccccc1. The van der Waals surface area contributed by atoms with Gasteiger partial charge in [-0.25, -0.2) is 0 Å². The lowest BCUT2D eigenvalue weighted by Gasteiger charge is -2.39. The highest BCUT2D eigenvalue weighted by atomic mass is 15.2. The molecule has 0 spiro atoms. The van der Waals surface area contributed by atoms with Gasteiger partial charge in [-0.05, 0) is 35.6 Å². The molecule has 0 bridgehead atoms. The molecule has 1 aromatic heterocycles. The second-order valence-corrected chi connectivity index (χ2v) is 6.87. The lowest BCUT2D eigenvalue weighted by molar-refractivity contribution is 0.167. The van der Waals surface area contributed by atoms with E-state index in [-0.39, 0.29) is 0 Å². The molecule has 0 atom stereocenters. The van der Waals surface area contributed by atoms with Gasteiger partial charge in [-0.1, -0.05) is 56.3 Å². The van der Waals surface area contributed by atoms with Crippen LogP contribution < -0.4 is 0 Å². The molecule has 1 aliphatic heterocycles. The van der Waals surface area contributed by atoms with Gasteiger partial charge in [-0.2, -0.15) is 0 Å². The van der Waals surface area contributed by atoms with Crippen LogP contribution in [0.15, 0.2) is 60.8 Å². The molecule has 0 amide bonds. The van der Waals surface area contributed by atoms with Gasteiger partial charge in [0.1, 0.15) is 0 Å². The summed E-state index contributed by atoms with van der Waals surface area (Å²) in [5.74, 6) is 1.30. The second-order valence-electron chi connectivity index (χ2n) is 6.87. The van der Waals surface area contributed by atoms with Crippen molar-refractivity contribution >= 4 is 5.57 Å². The van der Waals surface area contributed by atoms with Gasteiger partial charge in [0.05, 0.1) is 0 Å². The number of pyridine rings is 1. The Morgan fingerprint density at radius 2 is 1.87 bits per heavy atom. The Morgan fingerprint density at radius 3 is 2.52 bits per heavy atom. The Kier molecular flexibility index (Phi) is 5.24. The van der Waals surface area contributed by atoms with Crippen LogP contribution in [0.2, 0.25) is 0 Å². The molecule has 120 valence electrons. The summed E-state index contributed by atoms with van der Waals surface area (Å²) in [6.45, 7) is 7.82. The Morgan fingerprint density at radius 1 is 1.13 bits per heavy atom. The van der Waals surface area contributed by atoms with E-state index >= 15 is 0 Å². The van der Waals surface area contributed by atoms with E-state index in [2.05, 4.69) is 72.3 Å². The number of hydrogen-bond donors (Lipinski definition) is 0. The predicted molar refractivity (Wildman–Crippen MR) is 97.3 cm³/mol. The zero-order valence-electron chi connectivity index (χ0n) is 14.2. The highest BCUT2D eigenvalue weighted by Gasteiger charge is 2.29. The summed E-state index contributed by atoms with van der Waals surface area (Å²) in [5, 5.41) is 0. The van der Waals surface area contributed by atoms with Gasteiger partial charge < -0.3 is 0 Å². The fraction of sp³-hybridized carbons (Fsp3) is 0.381. The maximum Gasteiger partial charge on any atom is 0.0460 e. The maximum atomic E-state index is 4.49. The molecule has 2 aromatic rings. The van der Waals surface area contributed by atoms with E-state index in [4.69, 9.17) is 0 Å². The average Bonchev–Trinajstić information content (AvgIpc) is 2.54. The molecule has 2 heterocycles. The van der Waals surface area contributed by atoms with Gasteiger partial charge in [0.15, 0.2) is 0 Å². The fourth-order valence-corrected chi connectivity index (χ4v) is 3.05. The molecule has 0 aliphatic carbocycles. The van der Waals surface area contributed by atoms with Crippen LogP contribution in [0.3, 0.4) is 0 Å². The molecule has 0 saturated carbocycles. The first-order valence-electron chi connectivity index (χ1n) is 8.60. The first-order valence-corrected chi connectivity index (χ1v) is 8.60. The Labute approximate surface area is 139 Å². The number of likely N-dealkylation sites (tertiary alicyclic amines) is 1.